The molecule has 0 unspecified atom stereocenters. The minimum absolute atomic E-state index is 0.0781. The number of aromatic nitrogens is 1. The van der Waals surface area contributed by atoms with Gasteiger partial charge in [-0.05, 0) is 44.2 Å². The number of hydrogen-bond donors (Lipinski definition) is 2. The molecule has 2 aromatic rings. The SMILES string of the molecule is C#Cc1cc(F)ccc1[C@@H]1N=C(c2nccs2)NC(CN2CCN(C(=O)N(C)CC(C)(C)C(=O)O)[C@H](C)C2)=C1C(=O)SCC. The highest BCUT2D eigenvalue weighted by molar-refractivity contribution is 8.14. The summed E-state index contributed by atoms with van der Waals surface area (Å²) in [6.45, 7) is 8.96. The van der Waals surface area contributed by atoms with E-state index >= 15 is 0 Å². The van der Waals surface area contributed by atoms with Crippen molar-refractivity contribution in [2.24, 2.45) is 10.4 Å². The van der Waals surface area contributed by atoms with Crippen molar-refractivity contribution in [2.45, 2.75) is 39.8 Å². The van der Waals surface area contributed by atoms with Crippen LogP contribution in [0.1, 0.15) is 49.9 Å². The highest BCUT2D eigenvalue weighted by atomic mass is 32.2. The van der Waals surface area contributed by atoms with Crippen molar-refractivity contribution < 1.29 is 23.9 Å². The molecule has 44 heavy (non-hydrogen) atoms. The standard InChI is InChI=1S/C31H37FN6O4S2/c1-7-20-15-21(32)9-10-22(20)25-24(28(39)43-8-2)23(34-26(35-25)27-33-11-14-44-27)17-37-12-13-38(19(3)16-37)30(42)36(6)18-31(4,5)29(40)41/h1,9-11,14-15,19,25H,8,12-13,16-18H2,2-6H3,(H,34,35)(H,40,41)/t19-,25+/m1/s1. The number of carbonyl (C=O) groups excluding carboxylic acids is 2. The van der Waals surface area contributed by atoms with Crippen LogP contribution in [0.25, 0.3) is 0 Å². The number of rotatable bonds is 9. The summed E-state index contributed by atoms with van der Waals surface area (Å²) in [7, 11) is 1.62. The number of halogens is 1. The van der Waals surface area contributed by atoms with Crippen LogP contribution in [-0.4, -0.2) is 99.3 Å². The predicted octanol–water partition coefficient (Wildman–Crippen LogP) is 4.06. The third-order valence-electron chi connectivity index (χ3n) is 7.60. The van der Waals surface area contributed by atoms with Crippen LogP contribution in [0.3, 0.4) is 0 Å². The van der Waals surface area contributed by atoms with E-state index in [1.807, 2.05) is 19.2 Å². The number of carboxylic acids is 1. The summed E-state index contributed by atoms with van der Waals surface area (Å²) >= 11 is 2.57. The van der Waals surface area contributed by atoms with Crippen molar-refractivity contribution in [3.63, 3.8) is 0 Å². The first-order valence-electron chi connectivity index (χ1n) is 14.2. The molecule has 0 aliphatic carbocycles. The summed E-state index contributed by atoms with van der Waals surface area (Å²) < 4.78 is 14.2. The van der Waals surface area contributed by atoms with E-state index in [1.54, 1.807) is 38.1 Å². The van der Waals surface area contributed by atoms with Gasteiger partial charge in [0.25, 0.3) is 0 Å². The fraction of sp³-hybridized carbons (Fsp3) is 0.452. The van der Waals surface area contributed by atoms with Gasteiger partial charge < -0.3 is 20.2 Å². The van der Waals surface area contributed by atoms with Gasteiger partial charge in [-0.1, -0.05) is 30.7 Å². The van der Waals surface area contributed by atoms with Gasteiger partial charge in [0.1, 0.15) is 11.9 Å². The fourth-order valence-electron chi connectivity index (χ4n) is 5.37. The Hall–Kier alpha value is -3.73. The topological polar surface area (TPSA) is 118 Å². The Kier molecular flexibility index (Phi) is 10.5. The molecule has 0 radical (unpaired) electrons. The highest BCUT2D eigenvalue weighted by Crippen LogP contribution is 2.37. The second-order valence-electron chi connectivity index (χ2n) is 11.4. The number of terminal acetylenes is 1. The zero-order valence-corrected chi connectivity index (χ0v) is 27.1. The monoisotopic (exact) mass is 640 g/mol. The number of carboxylic acid groups (broad SMARTS) is 1. The number of benzene rings is 1. The lowest BCUT2D eigenvalue weighted by molar-refractivity contribution is -0.147. The summed E-state index contributed by atoms with van der Waals surface area (Å²) in [6.07, 6.45) is 7.45. The summed E-state index contributed by atoms with van der Waals surface area (Å²) in [6, 6.07) is 3.01. The second kappa shape index (κ2) is 13.9. The third kappa shape index (κ3) is 7.31. The second-order valence-corrected chi connectivity index (χ2v) is 13.6. The van der Waals surface area contributed by atoms with Crippen molar-refractivity contribution in [1.82, 2.24) is 25.0 Å². The van der Waals surface area contributed by atoms with Gasteiger partial charge in [0, 0.05) is 68.7 Å². The van der Waals surface area contributed by atoms with E-state index < -0.39 is 23.2 Å². The molecule has 2 amide bonds. The Morgan fingerprint density at radius 1 is 1.32 bits per heavy atom. The molecule has 1 aromatic carbocycles. The van der Waals surface area contributed by atoms with Crippen LogP contribution in [0.15, 0.2) is 46.0 Å². The first kappa shape index (κ1) is 33.2. The van der Waals surface area contributed by atoms with E-state index in [1.165, 1.54) is 40.1 Å². The number of nitrogens with one attached hydrogen (secondary N) is 1. The highest BCUT2D eigenvalue weighted by Gasteiger charge is 2.37. The van der Waals surface area contributed by atoms with Crippen LogP contribution < -0.4 is 5.32 Å². The number of aliphatic imine (C=N–C) groups is 1. The van der Waals surface area contributed by atoms with Crippen molar-refractivity contribution >= 4 is 46.0 Å². The van der Waals surface area contributed by atoms with Crippen molar-refractivity contribution in [1.29, 1.82) is 0 Å². The summed E-state index contributed by atoms with van der Waals surface area (Å²) in [5.41, 5.74) is 0.896. The zero-order valence-electron chi connectivity index (χ0n) is 25.5. The molecule has 3 heterocycles. The molecule has 0 spiro atoms. The van der Waals surface area contributed by atoms with Crippen molar-refractivity contribution in [2.75, 3.05) is 45.5 Å². The van der Waals surface area contributed by atoms with E-state index in [2.05, 4.69) is 21.1 Å². The van der Waals surface area contributed by atoms with Crippen LogP contribution in [0.2, 0.25) is 0 Å². The van der Waals surface area contributed by atoms with Crippen LogP contribution in [-0.2, 0) is 9.59 Å². The minimum Gasteiger partial charge on any atom is -0.481 e. The van der Waals surface area contributed by atoms with Crippen molar-refractivity contribution in [3.05, 3.63) is 63.0 Å². The van der Waals surface area contributed by atoms with Gasteiger partial charge in [0.15, 0.2) is 10.8 Å². The Balaban J connectivity index is 1.64. The van der Waals surface area contributed by atoms with Gasteiger partial charge in [-0.2, -0.15) is 0 Å². The first-order valence-corrected chi connectivity index (χ1v) is 16.1. The van der Waals surface area contributed by atoms with E-state index in [0.29, 0.717) is 65.2 Å². The smallest absolute Gasteiger partial charge is 0.320 e. The first-order chi connectivity index (χ1) is 20.9. The number of thioether (sulfide) groups is 1. The molecule has 4 rings (SSSR count). The molecule has 234 valence electrons. The maximum absolute atomic E-state index is 14.2. The van der Waals surface area contributed by atoms with E-state index in [0.717, 1.165) is 0 Å². The van der Waals surface area contributed by atoms with Gasteiger partial charge in [-0.25, -0.2) is 14.2 Å². The molecule has 1 aromatic heterocycles. The van der Waals surface area contributed by atoms with Crippen LogP contribution in [0, 0.1) is 23.6 Å². The van der Waals surface area contributed by atoms with Crippen LogP contribution >= 0.6 is 23.1 Å². The molecular formula is C31H37FN6O4S2. The average molecular weight is 641 g/mol. The summed E-state index contributed by atoms with van der Waals surface area (Å²) in [5, 5.41) is 15.2. The Morgan fingerprint density at radius 3 is 2.68 bits per heavy atom. The lowest BCUT2D eigenvalue weighted by atomic mass is 9.92. The fourth-order valence-corrected chi connectivity index (χ4v) is 6.61. The maximum atomic E-state index is 14.2. The summed E-state index contributed by atoms with van der Waals surface area (Å²) in [5.74, 6) is 2.16. The van der Waals surface area contributed by atoms with E-state index in [-0.39, 0.29) is 23.7 Å². The molecule has 1 fully saturated rings. The predicted molar refractivity (Wildman–Crippen MR) is 171 cm³/mol. The number of amides is 2. The molecule has 0 saturated carbocycles. The largest absolute Gasteiger partial charge is 0.481 e. The number of thiazole rings is 1. The van der Waals surface area contributed by atoms with Gasteiger partial charge in [0.2, 0.25) is 5.12 Å². The van der Waals surface area contributed by atoms with Crippen LogP contribution in [0.4, 0.5) is 9.18 Å². The Morgan fingerprint density at radius 2 is 2.07 bits per heavy atom. The zero-order chi connectivity index (χ0) is 32.2. The normalized spacial score (nSPS) is 19.2. The quantitative estimate of drug-likeness (QED) is 0.394. The van der Waals surface area contributed by atoms with Crippen LogP contribution in [0.5, 0.6) is 0 Å². The molecule has 2 atom stereocenters. The van der Waals surface area contributed by atoms with Gasteiger partial charge >= 0.3 is 12.0 Å². The number of amidine groups is 1. The maximum Gasteiger partial charge on any atom is 0.320 e. The number of aliphatic carboxylic acids is 1. The molecule has 10 nitrogen and oxygen atoms in total. The molecule has 0 bridgehead atoms. The lowest BCUT2D eigenvalue weighted by Gasteiger charge is -2.42. The average Bonchev–Trinajstić information content (AvgIpc) is 3.51. The molecule has 2 aliphatic heterocycles. The number of urea groups is 1. The number of piperazine rings is 1. The third-order valence-corrected chi connectivity index (χ3v) is 9.15. The van der Waals surface area contributed by atoms with E-state index in [9.17, 15) is 23.9 Å². The van der Waals surface area contributed by atoms with Gasteiger partial charge in [0.05, 0.1) is 11.0 Å². The van der Waals surface area contributed by atoms with Crippen molar-refractivity contribution in [3.8, 4) is 12.3 Å². The molecule has 2 aliphatic rings. The summed E-state index contributed by atoms with van der Waals surface area (Å²) in [4.78, 5) is 53.2. The Bertz CT molecular complexity index is 1520. The Labute approximate surface area is 265 Å². The molecule has 2 N–H and O–H groups in total. The van der Waals surface area contributed by atoms with Gasteiger partial charge in [-0.15, -0.1) is 17.8 Å². The number of hydrogen-bond acceptors (Lipinski definition) is 9. The number of nitrogens with zero attached hydrogens (tertiary/aromatic N) is 5. The molecule has 1 saturated heterocycles. The molecule has 13 heteroatoms. The van der Waals surface area contributed by atoms with E-state index in [4.69, 9.17) is 11.4 Å². The minimum atomic E-state index is -1.08. The molecular weight excluding hydrogens is 604 g/mol. The van der Waals surface area contributed by atoms with Gasteiger partial charge in [-0.3, -0.25) is 19.5 Å². The number of carbonyl (C=O) groups is 3. The lowest BCUT2D eigenvalue weighted by Crippen LogP contribution is -2.58.